The van der Waals surface area contributed by atoms with E-state index in [1.54, 1.807) is 0 Å². The Morgan fingerprint density at radius 3 is 2.50 bits per heavy atom. The van der Waals surface area contributed by atoms with E-state index in [1.165, 1.54) is 5.56 Å². The Bertz CT molecular complexity index is 618. The van der Waals surface area contributed by atoms with Crippen LogP contribution < -0.4 is 4.90 Å². The van der Waals surface area contributed by atoms with Crippen LogP contribution in [0.25, 0.3) is 0 Å². The summed E-state index contributed by atoms with van der Waals surface area (Å²) in [6, 6.07) is 8.45. The van der Waals surface area contributed by atoms with Gasteiger partial charge in [-0.25, -0.2) is 0 Å². The number of hydrogen-bond donors (Lipinski definition) is 0. The highest BCUT2D eigenvalue weighted by atomic mass is 16.2. The van der Waals surface area contributed by atoms with E-state index in [-0.39, 0.29) is 23.8 Å². The molecular weight excluding hydrogens is 300 g/mol. The van der Waals surface area contributed by atoms with Crippen LogP contribution in [-0.4, -0.2) is 35.8 Å². The monoisotopic (exact) mass is 328 g/mol. The Hall–Kier alpha value is -1.84. The average molecular weight is 328 g/mol. The van der Waals surface area contributed by atoms with Crippen molar-refractivity contribution in [3.8, 4) is 0 Å². The van der Waals surface area contributed by atoms with Gasteiger partial charge in [-0.1, -0.05) is 32.0 Å². The molecule has 1 fully saturated rings. The number of hydrogen-bond acceptors (Lipinski definition) is 2. The third kappa shape index (κ3) is 3.33. The summed E-state index contributed by atoms with van der Waals surface area (Å²) in [5.41, 5.74) is 2.34. The number of carbonyl (C=O) groups is 2. The third-order valence-electron chi connectivity index (χ3n) is 5.22. The van der Waals surface area contributed by atoms with Crippen LogP contribution in [0.5, 0.6) is 0 Å². The average Bonchev–Trinajstić information content (AvgIpc) is 2.89. The van der Waals surface area contributed by atoms with Crippen LogP contribution in [0.3, 0.4) is 0 Å². The molecule has 1 saturated heterocycles. The largest absolute Gasteiger partial charge is 0.343 e. The van der Waals surface area contributed by atoms with Crippen LogP contribution >= 0.6 is 0 Å². The van der Waals surface area contributed by atoms with Gasteiger partial charge in [0.2, 0.25) is 11.8 Å². The molecule has 0 spiro atoms. The first-order chi connectivity index (χ1) is 11.5. The number of para-hydroxylation sites is 1. The molecule has 2 heterocycles. The maximum atomic E-state index is 13.1. The fourth-order valence-corrected chi connectivity index (χ4v) is 3.95. The van der Waals surface area contributed by atoms with Gasteiger partial charge in [0.25, 0.3) is 0 Å². The topological polar surface area (TPSA) is 40.6 Å². The SMILES string of the molecule is CC(C)CC(=O)N1CCC(C(=O)N2c3ccccc3CC2C)CC1. The normalized spacial score (nSPS) is 21.2. The lowest BCUT2D eigenvalue weighted by Crippen LogP contribution is -2.46. The van der Waals surface area contributed by atoms with Crippen molar-refractivity contribution in [3.05, 3.63) is 29.8 Å². The second-order valence-corrected chi connectivity index (χ2v) is 7.64. The molecule has 4 heteroatoms. The van der Waals surface area contributed by atoms with Gasteiger partial charge in [-0.05, 0) is 43.7 Å². The van der Waals surface area contributed by atoms with E-state index in [0.717, 1.165) is 24.9 Å². The Labute approximate surface area is 144 Å². The second kappa shape index (κ2) is 6.96. The minimum Gasteiger partial charge on any atom is -0.343 e. The Morgan fingerprint density at radius 1 is 1.17 bits per heavy atom. The van der Waals surface area contributed by atoms with Gasteiger partial charge < -0.3 is 9.80 Å². The predicted molar refractivity (Wildman–Crippen MR) is 95.9 cm³/mol. The Balaban J connectivity index is 1.63. The predicted octanol–water partition coefficient (Wildman–Crippen LogP) is 3.25. The molecule has 1 aromatic carbocycles. The van der Waals surface area contributed by atoms with Gasteiger partial charge in [0.05, 0.1) is 0 Å². The standard InChI is InChI=1S/C20H28N2O2/c1-14(2)12-19(23)21-10-8-16(9-11-21)20(24)22-15(3)13-17-6-4-5-7-18(17)22/h4-7,14-16H,8-13H2,1-3H3. The van der Waals surface area contributed by atoms with Crippen LogP contribution in [0.15, 0.2) is 24.3 Å². The first kappa shape index (κ1) is 17.0. The van der Waals surface area contributed by atoms with Gasteiger partial charge in [-0.15, -0.1) is 0 Å². The first-order valence-electron chi connectivity index (χ1n) is 9.16. The molecule has 24 heavy (non-hydrogen) atoms. The van der Waals surface area contributed by atoms with E-state index in [0.29, 0.717) is 25.4 Å². The molecule has 1 atom stereocenters. The van der Waals surface area contributed by atoms with Gasteiger partial charge in [-0.3, -0.25) is 9.59 Å². The number of anilines is 1. The molecule has 0 aromatic heterocycles. The summed E-state index contributed by atoms with van der Waals surface area (Å²) in [6.07, 6.45) is 3.12. The zero-order valence-corrected chi connectivity index (χ0v) is 15.0. The van der Waals surface area contributed by atoms with Crippen LogP contribution in [0.2, 0.25) is 0 Å². The van der Waals surface area contributed by atoms with Crippen molar-refractivity contribution >= 4 is 17.5 Å². The summed E-state index contributed by atoms with van der Waals surface area (Å²) >= 11 is 0. The highest BCUT2D eigenvalue weighted by Gasteiger charge is 2.36. The van der Waals surface area contributed by atoms with E-state index in [4.69, 9.17) is 0 Å². The summed E-state index contributed by atoms with van der Waals surface area (Å²) in [6.45, 7) is 7.69. The fourth-order valence-electron chi connectivity index (χ4n) is 3.95. The fraction of sp³-hybridized carbons (Fsp3) is 0.600. The number of piperidine rings is 1. The molecule has 1 aromatic rings. The number of nitrogens with zero attached hydrogens (tertiary/aromatic N) is 2. The third-order valence-corrected chi connectivity index (χ3v) is 5.22. The van der Waals surface area contributed by atoms with E-state index in [9.17, 15) is 9.59 Å². The van der Waals surface area contributed by atoms with Crippen molar-refractivity contribution in [2.24, 2.45) is 11.8 Å². The van der Waals surface area contributed by atoms with Crippen molar-refractivity contribution in [3.63, 3.8) is 0 Å². The lowest BCUT2D eigenvalue weighted by molar-refractivity contribution is -0.135. The second-order valence-electron chi connectivity index (χ2n) is 7.64. The molecule has 0 aliphatic carbocycles. The summed E-state index contributed by atoms with van der Waals surface area (Å²) in [7, 11) is 0. The summed E-state index contributed by atoms with van der Waals surface area (Å²) in [5, 5.41) is 0. The highest BCUT2D eigenvalue weighted by Crippen LogP contribution is 2.34. The van der Waals surface area contributed by atoms with E-state index in [1.807, 2.05) is 21.9 Å². The molecule has 3 rings (SSSR count). The summed E-state index contributed by atoms with van der Waals surface area (Å²) in [4.78, 5) is 29.2. The minimum absolute atomic E-state index is 0.0432. The summed E-state index contributed by atoms with van der Waals surface area (Å²) in [5.74, 6) is 0.903. The van der Waals surface area contributed by atoms with Crippen LogP contribution in [0, 0.1) is 11.8 Å². The molecule has 0 bridgehead atoms. The summed E-state index contributed by atoms with van der Waals surface area (Å²) < 4.78 is 0. The maximum Gasteiger partial charge on any atom is 0.230 e. The Kier molecular flexibility index (Phi) is 4.93. The van der Waals surface area contributed by atoms with Crippen molar-refractivity contribution in [2.75, 3.05) is 18.0 Å². The van der Waals surface area contributed by atoms with Gasteiger partial charge in [0.15, 0.2) is 0 Å². The van der Waals surface area contributed by atoms with Gasteiger partial charge in [0, 0.05) is 37.2 Å². The molecule has 130 valence electrons. The molecule has 1 unspecified atom stereocenters. The van der Waals surface area contributed by atoms with Gasteiger partial charge >= 0.3 is 0 Å². The zero-order valence-electron chi connectivity index (χ0n) is 15.0. The molecule has 2 aliphatic heterocycles. The molecule has 0 radical (unpaired) electrons. The lowest BCUT2D eigenvalue weighted by atomic mass is 9.94. The number of amides is 2. The molecule has 2 aliphatic rings. The molecule has 0 saturated carbocycles. The lowest BCUT2D eigenvalue weighted by Gasteiger charge is -2.35. The molecule has 2 amide bonds. The highest BCUT2D eigenvalue weighted by molar-refractivity contribution is 5.97. The van der Waals surface area contributed by atoms with Crippen molar-refractivity contribution in [1.82, 2.24) is 4.90 Å². The van der Waals surface area contributed by atoms with Gasteiger partial charge in [0.1, 0.15) is 0 Å². The zero-order chi connectivity index (χ0) is 17.3. The molecular formula is C20H28N2O2. The quantitative estimate of drug-likeness (QED) is 0.854. The molecule has 0 N–H and O–H groups in total. The van der Waals surface area contributed by atoms with Crippen molar-refractivity contribution in [2.45, 2.75) is 52.5 Å². The number of carbonyl (C=O) groups excluding carboxylic acids is 2. The van der Waals surface area contributed by atoms with Crippen molar-refractivity contribution in [1.29, 1.82) is 0 Å². The van der Waals surface area contributed by atoms with E-state index >= 15 is 0 Å². The Morgan fingerprint density at radius 2 is 1.83 bits per heavy atom. The number of benzene rings is 1. The van der Waals surface area contributed by atoms with Crippen LogP contribution in [0.1, 0.15) is 45.6 Å². The maximum absolute atomic E-state index is 13.1. The first-order valence-corrected chi connectivity index (χ1v) is 9.16. The smallest absolute Gasteiger partial charge is 0.230 e. The van der Waals surface area contributed by atoms with E-state index in [2.05, 4.69) is 32.9 Å². The van der Waals surface area contributed by atoms with Crippen LogP contribution in [-0.2, 0) is 16.0 Å². The van der Waals surface area contributed by atoms with Crippen LogP contribution in [0.4, 0.5) is 5.69 Å². The van der Waals surface area contributed by atoms with E-state index < -0.39 is 0 Å². The number of rotatable bonds is 3. The number of fused-ring (bicyclic) bond motifs is 1. The van der Waals surface area contributed by atoms with Crippen molar-refractivity contribution < 1.29 is 9.59 Å². The number of likely N-dealkylation sites (tertiary alicyclic amines) is 1. The minimum atomic E-state index is 0.0432. The van der Waals surface area contributed by atoms with Gasteiger partial charge in [-0.2, -0.15) is 0 Å². The molecule has 4 nitrogen and oxygen atoms in total.